The highest BCUT2D eigenvalue weighted by atomic mass is 35.5. The highest BCUT2D eigenvalue weighted by Gasteiger charge is 2.36. The molecule has 5 nitrogen and oxygen atoms in total. The maximum absolute atomic E-state index is 6.42. The summed E-state index contributed by atoms with van der Waals surface area (Å²) in [4.78, 5) is 4.98. The topological polar surface area (TPSA) is 34.2 Å². The average molecular weight is 445 g/mol. The van der Waals surface area contributed by atoms with E-state index in [9.17, 15) is 0 Å². The van der Waals surface area contributed by atoms with E-state index >= 15 is 0 Å². The number of piperazine rings is 1. The van der Waals surface area contributed by atoms with E-state index < -0.39 is 0 Å². The van der Waals surface area contributed by atoms with Crippen molar-refractivity contribution in [2.75, 3.05) is 51.8 Å². The van der Waals surface area contributed by atoms with Crippen LogP contribution in [0.1, 0.15) is 32.3 Å². The van der Waals surface area contributed by atoms with Crippen molar-refractivity contribution in [3.05, 3.63) is 47.0 Å². The molecule has 2 aromatic carbocycles. The Labute approximate surface area is 190 Å². The Kier molecular flexibility index (Phi) is 6.54. The molecule has 0 N–H and O–H groups in total. The number of methoxy groups -OCH3 is 2. The van der Waals surface area contributed by atoms with Crippen LogP contribution in [-0.2, 0) is 5.41 Å². The zero-order valence-electron chi connectivity index (χ0n) is 19.0. The normalized spacial score (nSPS) is 20.7. The van der Waals surface area contributed by atoms with E-state index in [1.807, 2.05) is 18.2 Å². The minimum absolute atomic E-state index is 0.0328. The molecule has 0 spiro atoms. The number of benzene rings is 2. The Morgan fingerprint density at radius 1 is 1.00 bits per heavy atom. The lowest BCUT2D eigenvalue weighted by molar-refractivity contribution is 0.108. The molecule has 2 heterocycles. The summed E-state index contributed by atoms with van der Waals surface area (Å²) in [6.07, 6.45) is 2.23. The molecular formula is C25H33ClN2O3. The first-order valence-electron chi connectivity index (χ1n) is 11.1. The van der Waals surface area contributed by atoms with Crippen LogP contribution in [0.4, 0.5) is 5.69 Å². The van der Waals surface area contributed by atoms with Crippen molar-refractivity contribution in [3.63, 3.8) is 0 Å². The van der Waals surface area contributed by atoms with Crippen molar-refractivity contribution in [2.24, 2.45) is 0 Å². The van der Waals surface area contributed by atoms with Gasteiger partial charge in [0.25, 0.3) is 0 Å². The predicted molar refractivity (Wildman–Crippen MR) is 126 cm³/mol. The standard InChI is InChI=1S/C25H33ClN2O3/c1-25(2)17-20(31-22-16-24(30-4)23(29-3)15-21(22)25)9-10-27-11-13-28(14-12-27)19-7-5-18(26)6-8-19/h5-8,15-16,20H,9-14,17H2,1-4H3. The van der Waals surface area contributed by atoms with Crippen molar-refractivity contribution in [3.8, 4) is 17.2 Å². The number of fused-ring (bicyclic) bond motifs is 1. The van der Waals surface area contributed by atoms with Gasteiger partial charge in [-0.15, -0.1) is 0 Å². The zero-order chi connectivity index (χ0) is 22.0. The summed E-state index contributed by atoms with van der Waals surface area (Å²) in [5, 5.41) is 0.787. The highest BCUT2D eigenvalue weighted by Crippen LogP contribution is 2.46. The second-order valence-electron chi connectivity index (χ2n) is 9.12. The molecule has 2 aliphatic rings. The molecule has 4 rings (SSSR count). The fraction of sp³-hybridized carbons (Fsp3) is 0.520. The first-order valence-corrected chi connectivity index (χ1v) is 11.4. The number of halogens is 1. The van der Waals surface area contributed by atoms with E-state index in [1.165, 1.54) is 11.3 Å². The van der Waals surface area contributed by atoms with Gasteiger partial charge in [0.1, 0.15) is 11.9 Å². The Morgan fingerprint density at radius 3 is 2.29 bits per heavy atom. The van der Waals surface area contributed by atoms with Crippen LogP contribution in [0.5, 0.6) is 17.2 Å². The summed E-state index contributed by atoms with van der Waals surface area (Å²) in [5.41, 5.74) is 2.48. The summed E-state index contributed by atoms with van der Waals surface area (Å²) in [6.45, 7) is 9.85. The monoisotopic (exact) mass is 444 g/mol. The van der Waals surface area contributed by atoms with Crippen LogP contribution >= 0.6 is 11.6 Å². The van der Waals surface area contributed by atoms with E-state index in [0.29, 0.717) is 0 Å². The molecule has 1 saturated heterocycles. The van der Waals surface area contributed by atoms with Crippen LogP contribution in [0.25, 0.3) is 0 Å². The van der Waals surface area contributed by atoms with Gasteiger partial charge in [0.05, 0.1) is 14.2 Å². The fourth-order valence-electron chi connectivity index (χ4n) is 4.76. The number of rotatable bonds is 6. The van der Waals surface area contributed by atoms with Gasteiger partial charge in [0, 0.05) is 55.1 Å². The molecule has 2 aromatic rings. The molecule has 31 heavy (non-hydrogen) atoms. The van der Waals surface area contributed by atoms with Gasteiger partial charge in [-0.1, -0.05) is 25.4 Å². The van der Waals surface area contributed by atoms with Gasteiger partial charge in [-0.3, -0.25) is 4.90 Å². The van der Waals surface area contributed by atoms with E-state index in [4.69, 9.17) is 25.8 Å². The second-order valence-corrected chi connectivity index (χ2v) is 9.56. The Morgan fingerprint density at radius 2 is 1.65 bits per heavy atom. The SMILES string of the molecule is COc1cc2c(cc1OC)C(C)(C)CC(CCN1CCN(c3ccc(Cl)cc3)CC1)O2. The summed E-state index contributed by atoms with van der Waals surface area (Å²) in [5.74, 6) is 2.40. The summed E-state index contributed by atoms with van der Waals surface area (Å²) in [6, 6.07) is 12.2. The maximum Gasteiger partial charge on any atom is 0.164 e. The number of hydrogen-bond donors (Lipinski definition) is 0. The molecule has 6 heteroatoms. The first-order chi connectivity index (χ1) is 14.9. The van der Waals surface area contributed by atoms with Crippen molar-refractivity contribution >= 4 is 17.3 Å². The lowest BCUT2D eigenvalue weighted by atomic mass is 9.76. The van der Waals surface area contributed by atoms with Crippen LogP contribution < -0.4 is 19.1 Å². The highest BCUT2D eigenvalue weighted by molar-refractivity contribution is 6.30. The Bertz CT molecular complexity index is 892. The largest absolute Gasteiger partial charge is 0.493 e. The van der Waals surface area contributed by atoms with Gasteiger partial charge in [-0.05, 0) is 48.6 Å². The minimum atomic E-state index is 0.0328. The fourth-order valence-corrected chi connectivity index (χ4v) is 4.88. The van der Waals surface area contributed by atoms with Crippen molar-refractivity contribution in [2.45, 2.75) is 38.2 Å². The second kappa shape index (κ2) is 9.17. The molecule has 0 bridgehead atoms. The van der Waals surface area contributed by atoms with Gasteiger partial charge in [-0.2, -0.15) is 0 Å². The summed E-state index contributed by atoms with van der Waals surface area (Å²) < 4.78 is 17.4. The number of hydrogen-bond acceptors (Lipinski definition) is 5. The summed E-state index contributed by atoms with van der Waals surface area (Å²) in [7, 11) is 3.34. The van der Waals surface area contributed by atoms with E-state index in [2.05, 4.69) is 41.8 Å². The molecule has 0 aromatic heterocycles. The van der Waals surface area contributed by atoms with Crippen molar-refractivity contribution in [1.29, 1.82) is 0 Å². The number of ether oxygens (including phenoxy) is 3. The molecule has 0 amide bonds. The minimum Gasteiger partial charge on any atom is -0.493 e. The first kappa shape index (κ1) is 22.1. The van der Waals surface area contributed by atoms with Crippen molar-refractivity contribution in [1.82, 2.24) is 4.90 Å². The molecule has 2 aliphatic heterocycles. The predicted octanol–water partition coefficient (Wildman–Crippen LogP) is 5.00. The lowest BCUT2D eigenvalue weighted by Gasteiger charge is -2.40. The smallest absolute Gasteiger partial charge is 0.164 e. The van der Waals surface area contributed by atoms with Gasteiger partial charge < -0.3 is 19.1 Å². The molecular weight excluding hydrogens is 412 g/mol. The Balaban J connectivity index is 1.34. The molecule has 168 valence electrons. The lowest BCUT2D eigenvalue weighted by Crippen LogP contribution is -2.47. The Hall–Kier alpha value is -2.11. The molecule has 1 unspecified atom stereocenters. The third-order valence-electron chi connectivity index (χ3n) is 6.58. The summed E-state index contributed by atoms with van der Waals surface area (Å²) >= 11 is 6.02. The molecule has 1 atom stereocenters. The average Bonchev–Trinajstić information content (AvgIpc) is 2.77. The third-order valence-corrected chi connectivity index (χ3v) is 6.83. The van der Waals surface area contributed by atoms with Crippen LogP contribution in [-0.4, -0.2) is 57.9 Å². The third kappa shape index (κ3) is 4.88. The van der Waals surface area contributed by atoms with Gasteiger partial charge >= 0.3 is 0 Å². The van der Waals surface area contributed by atoms with Crippen LogP contribution in [0.2, 0.25) is 5.02 Å². The van der Waals surface area contributed by atoms with Crippen LogP contribution in [0.15, 0.2) is 36.4 Å². The quantitative estimate of drug-likeness (QED) is 0.626. The molecule has 0 saturated carbocycles. The van der Waals surface area contributed by atoms with Crippen LogP contribution in [0.3, 0.4) is 0 Å². The van der Waals surface area contributed by atoms with Crippen LogP contribution in [0, 0.1) is 0 Å². The molecule has 0 radical (unpaired) electrons. The van der Waals surface area contributed by atoms with Gasteiger partial charge in [-0.25, -0.2) is 0 Å². The van der Waals surface area contributed by atoms with E-state index in [1.54, 1.807) is 14.2 Å². The van der Waals surface area contributed by atoms with Crippen molar-refractivity contribution < 1.29 is 14.2 Å². The maximum atomic E-state index is 6.42. The number of nitrogens with zero attached hydrogens (tertiary/aromatic N) is 2. The zero-order valence-corrected chi connectivity index (χ0v) is 19.7. The number of anilines is 1. The van der Waals surface area contributed by atoms with Gasteiger partial charge in [0.2, 0.25) is 0 Å². The van der Waals surface area contributed by atoms with Gasteiger partial charge in [0.15, 0.2) is 11.5 Å². The van der Waals surface area contributed by atoms with E-state index in [-0.39, 0.29) is 11.5 Å². The molecule has 1 fully saturated rings. The van der Waals surface area contributed by atoms with E-state index in [0.717, 1.165) is 67.8 Å². The molecule has 0 aliphatic carbocycles.